The number of thiophene rings is 1. The van der Waals surface area contributed by atoms with Gasteiger partial charge in [-0.15, -0.1) is 15.7 Å². The molecule has 0 saturated heterocycles. The Morgan fingerprint density at radius 3 is 2.35 bits per heavy atom. The van der Waals surface area contributed by atoms with Crippen molar-refractivity contribution in [2.45, 2.75) is 56.9 Å². The van der Waals surface area contributed by atoms with Crippen LogP contribution in [0, 0.1) is 5.92 Å². The first-order valence-electron chi connectivity index (χ1n) is 10.5. The molecule has 1 aromatic heterocycles. The van der Waals surface area contributed by atoms with E-state index < -0.39 is 39.6 Å². The Morgan fingerprint density at radius 2 is 1.82 bits per heavy atom. The third-order valence-electron chi connectivity index (χ3n) is 3.99. The van der Waals surface area contributed by atoms with Gasteiger partial charge in [-0.2, -0.15) is 0 Å². The van der Waals surface area contributed by atoms with Gasteiger partial charge >= 0.3 is 12.1 Å². The number of benzene rings is 1. The summed E-state index contributed by atoms with van der Waals surface area (Å²) in [4.78, 5) is 38.0. The Hall–Kier alpha value is -2.63. The summed E-state index contributed by atoms with van der Waals surface area (Å²) in [5, 5.41) is 6.84. The molecule has 0 saturated carbocycles. The molecule has 2 rings (SSSR count). The number of nitrogens with zero attached hydrogens (tertiary/aromatic N) is 1. The Balaban J connectivity index is 2.36. The fourth-order valence-electron chi connectivity index (χ4n) is 2.69. The van der Waals surface area contributed by atoms with E-state index in [9.17, 15) is 18.6 Å². The van der Waals surface area contributed by atoms with Gasteiger partial charge in [0.15, 0.2) is 9.92 Å². The van der Waals surface area contributed by atoms with Crippen LogP contribution in [0.15, 0.2) is 50.4 Å². The zero-order chi connectivity index (χ0) is 25.5. The van der Waals surface area contributed by atoms with Crippen LogP contribution in [0.25, 0.3) is 0 Å². The number of anilines is 1. The number of rotatable bonds is 7. The van der Waals surface area contributed by atoms with Crippen molar-refractivity contribution < 1.29 is 23.3 Å². The quantitative estimate of drug-likeness (QED) is 0.441. The molecule has 0 aliphatic heterocycles. The van der Waals surface area contributed by atoms with Crippen LogP contribution in [0.1, 0.15) is 41.0 Å². The Kier molecular flexibility index (Phi) is 9.48. The molecule has 0 spiro atoms. The van der Waals surface area contributed by atoms with Gasteiger partial charge in [-0.3, -0.25) is 4.79 Å². The molecule has 2 atom stereocenters. The third kappa shape index (κ3) is 8.96. The maximum Gasteiger partial charge on any atom is 0.408 e. The van der Waals surface area contributed by atoms with Crippen molar-refractivity contribution in [2.24, 2.45) is 10.3 Å². The molecule has 34 heavy (non-hydrogen) atoms. The second-order valence-electron chi connectivity index (χ2n) is 8.79. The van der Waals surface area contributed by atoms with Crippen LogP contribution in [-0.2, 0) is 19.4 Å². The summed E-state index contributed by atoms with van der Waals surface area (Å²) in [7, 11) is -3.76. The molecule has 12 heteroatoms. The largest absolute Gasteiger partial charge is 0.444 e. The van der Waals surface area contributed by atoms with E-state index in [-0.39, 0.29) is 21.6 Å². The minimum Gasteiger partial charge on any atom is -0.444 e. The maximum absolute atomic E-state index is 13.8. The highest BCUT2D eigenvalue weighted by atomic mass is 35.5. The summed E-state index contributed by atoms with van der Waals surface area (Å²) in [6.07, 6.45) is -0.583. The molecule has 186 valence electrons. The molecule has 4 amide bonds. The second kappa shape index (κ2) is 11.7. The highest BCUT2D eigenvalue weighted by molar-refractivity contribution is 7.94. The van der Waals surface area contributed by atoms with E-state index in [2.05, 4.69) is 19.7 Å². The van der Waals surface area contributed by atoms with Crippen LogP contribution in [0.2, 0.25) is 5.02 Å². The van der Waals surface area contributed by atoms with E-state index in [4.69, 9.17) is 16.3 Å². The predicted octanol–water partition coefficient (Wildman–Crippen LogP) is 5.43. The van der Waals surface area contributed by atoms with Crippen LogP contribution in [0.3, 0.4) is 0 Å². The molecule has 0 aliphatic carbocycles. The lowest BCUT2D eigenvalue weighted by Crippen LogP contribution is -2.44. The standard InChI is InChI=1S/C22H29ClN4O5S2/c1-14(2)11-17(25-21(30)32-22(3,4)5)19(28)26-34(31,18-12-15(23)13-33-18)27-20(29)24-16-9-7-6-8-10-16/h6-10,12-14,17H,11H2,1-5H3,(H,25,30)(H2,24,26,27,28,29,31)/t17-,34?/m0/s1. The lowest BCUT2D eigenvalue weighted by Gasteiger charge is -2.23. The molecular weight excluding hydrogens is 500 g/mol. The molecule has 1 heterocycles. The molecule has 0 fully saturated rings. The lowest BCUT2D eigenvalue weighted by atomic mass is 10.0. The summed E-state index contributed by atoms with van der Waals surface area (Å²) in [5.41, 5.74) is -0.313. The first-order valence-corrected chi connectivity index (χ1v) is 13.2. The number of ether oxygens (including phenoxy) is 1. The lowest BCUT2D eigenvalue weighted by molar-refractivity contribution is -0.120. The first kappa shape index (κ1) is 27.6. The van der Waals surface area contributed by atoms with Gasteiger partial charge in [-0.25, -0.2) is 18.5 Å². The molecule has 1 unspecified atom stereocenters. The normalized spacial score (nSPS) is 14.0. The van der Waals surface area contributed by atoms with Crippen molar-refractivity contribution in [3.8, 4) is 0 Å². The Bertz CT molecular complexity index is 1140. The van der Waals surface area contributed by atoms with Gasteiger partial charge < -0.3 is 15.4 Å². The average molecular weight is 529 g/mol. The van der Waals surface area contributed by atoms with Gasteiger partial charge in [0.2, 0.25) is 0 Å². The number of carbonyl (C=O) groups excluding carboxylic acids is 3. The average Bonchev–Trinajstić information content (AvgIpc) is 3.13. The van der Waals surface area contributed by atoms with E-state index in [0.717, 1.165) is 11.3 Å². The van der Waals surface area contributed by atoms with Crippen LogP contribution in [0.4, 0.5) is 15.3 Å². The number of halogens is 1. The summed E-state index contributed by atoms with van der Waals surface area (Å²) >= 11 is 6.97. The van der Waals surface area contributed by atoms with Gasteiger partial charge in [-0.05, 0) is 51.3 Å². The van der Waals surface area contributed by atoms with Crippen LogP contribution in [0.5, 0.6) is 0 Å². The predicted molar refractivity (Wildman–Crippen MR) is 134 cm³/mol. The van der Waals surface area contributed by atoms with Crippen LogP contribution < -0.4 is 15.4 Å². The zero-order valence-corrected chi connectivity index (χ0v) is 22.0. The molecule has 2 aromatic rings. The summed E-state index contributed by atoms with van der Waals surface area (Å²) in [5.74, 6) is -0.866. The van der Waals surface area contributed by atoms with E-state index in [1.165, 1.54) is 11.4 Å². The fraction of sp³-hybridized carbons (Fsp3) is 0.409. The SMILES string of the molecule is CC(C)C[C@H](NC(=O)OC(C)(C)C)C(=O)N=S(=O)(NC(=O)Nc1ccccc1)c1cc(Cl)cs1. The van der Waals surface area contributed by atoms with Crippen molar-refractivity contribution in [3.05, 3.63) is 46.8 Å². The van der Waals surface area contributed by atoms with E-state index >= 15 is 0 Å². The third-order valence-corrected chi connectivity index (χ3v) is 7.59. The smallest absolute Gasteiger partial charge is 0.408 e. The van der Waals surface area contributed by atoms with Crippen molar-refractivity contribution in [2.75, 3.05) is 5.32 Å². The van der Waals surface area contributed by atoms with Crippen molar-refractivity contribution in [1.29, 1.82) is 0 Å². The number of para-hydroxylation sites is 1. The van der Waals surface area contributed by atoms with E-state index in [0.29, 0.717) is 5.69 Å². The monoisotopic (exact) mass is 528 g/mol. The maximum atomic E-state index is 13.8. The molecule has 0 aliphatic rings. The first-order chi connectivity index (χ1) is 15.8. The number of urea groups is 1. The van der Waals surface area contributed by atoms with Crippen molar-refractivity contribution in [1.82, 2.24) is 10.0 Å². The van der Waals surface area contributed by atoms with Crippen molar-refractivity contribution in [3.63, 3.8) is 0 Å². The van der Waals surface area contributed by atoms with E-state index in [1.807, 2.05) is 13.8 Å². The highest BCUT2D eigenvalue weighted by Gasteiger charge is 2.28. The Labute approximate surface area is 208 Å². The van der Waals surface area contributed by atoms with Gasteiger partial charge in [0.05, 0.1) is 5.02 Å². The number of hydrogen-bond donors (Lipinski definition) is 3. The number of hydrogen-bond acceptors (Lipinski definition) is 6. The van der Waals surface area contributed by atoms with E-state index in [1.54, 1.807) is 51.1 Å². The molecule has 1 aromatic carbocycles. The summed E-state index contributed by atoms with van der Waals surface area (Å²) < 4.78 is 25.3. The molecule has 0 radical (unpaired) electrons. The minimum absolute atomic E-state index is 0.000611. The van der Waals surface area contributed by atoms with Crippen molar-refractivity contribution >= 4 is 56.6 Å². The highest BCUT2D eigenvalue weighted by Crippen LogP contribution is 2.25. The summed E-state index contributed by atoms with van der Waals surface area (Å²) in [6, 6.07) is 7.96. The molecule has 3 N–H and O–H groups in total. The molecule has 9 nitrogen and oxygen atoms in total. The summed E-state index contributed by atoms with van der Waals surface area (Å²) in [6.45, 7) is 8.80. The van der Waals surface area contributed by atoms with Crippen LogP contribution in [-0.4, -0.2) is 33.9 Å². The Morgan fingerprint density at radius 1 is 1.18 bits per heavy atom. The van der Waals surface area contributed by atoms with Crippen LogP contribution >= 0.6 is 22.9 Å². The molecular formula is C22H29ClN4O5S2. The second-order valence-corrected chi connectivity index (χ2v) is 12.3. The van der Waals surface area contributed by atoms with Gasteiger partial charge in [0.25, 0.3) is 5.91 Å². The number of nitrogens with one attached hydrogen (secondary N) is 3. The minimum atomic E-state index is -3.76. The number of carbonyl (C=O) groups is 3. The number of amides is 4. The van der Waals surface area contributed by atoms with Gasteiger partial charge in [0, 0.05) is 11.1 Å². The fourth-order valence-corrected chi connectivity index (χ4v) is 5.67. The zero-order valence-electron chi connectivity index (χ0n) is 19.6. The topological polar surface area (TPSA) is 126 Å². The molecule has 0 bridgehead atoms. The van der Waals surface area contributed by atoms with Gasteiger partial charge in [0.1, 0.15) is 15.9 Å². The number of alkyl carbamates (subject to hydrolysis) is 1. The van der Waals surface area contributed by atoms with Gasteiger partial charge in [-0.1, -0.05) is 43.6 Å².